The molecule has 2 aliphatic heterocycles. The quantitative estimate of drug-likeness (QED) is 0.409. The number of rotatable bonds is 3. The molecule has 6 heteroatoms. The summed E-state index contributed by atoms with van der Waals surface area (Å²) >= 11 is 13.3. The summed E-state index contributed by atoms with van der Waals surface area (Å²) in [5.74, 6) is 0. The summed E-state index contributed by atoms with van der Waals surface area (Å²) in [6.45, 7) is 15.6. The van der Waals surface area contributed by atoms with E-state index in [-0.39, 0.29) is 5.41 Å². The Kier molecular flexibility index (Phi) is 5.59. The summed E-state index contributed by atoms with van der Waals surface area (Å²) in [4.78, 5) is 2.48. The molecule has 2 aliphatic rings. The maximum Gasteiger partial charge on any atom is 0.0751 e. The SMILES string of the molecule is CCN(CC)P1(=S)c2ccccc2N2c3ccccc3P(C)(=S)c3cc(C(C)(C)C)cc1c32. The molecule has 2 atom stereocenters. The van der Waals surface area contributed by atoms with Crippen LogP contribution < -0.4 is 26.1 Å². The molecular formula is C27H32N2P2S2. The molecule has 3 aromatic carbocycles. The Morgan fingerprint density at radius 3 is 1.88 bits per heavy atom. The van der Waals surface area contributed by atoms with Gasteiger partial charge in [0.05, 0.1) is 23.3 Å². The van der Waals surface area contributed by atoms with Crippen molar-refractivity contribution in [3.8, 4) is 0 Å². The Morgan fingerprint density at radius 1 is 0.788 bits per heavy atom. The van der Waals surface area contributed by atoms with Crippen molar-refractivity contribution in [2.24, 2.45) is 0 Å². The van der Waals surface area contributed by atoms with Crippen LogP contribution >= 0.6 is 12.2 Å². The highest BCUT2D eigenvalue weighted by molar-refractivity contribution is 8.22. The molecule has 0 fully saturated rings. The van der Waals surface area contributed by atoms with Crippen molar-refractivity contribution in [1.82, 2.24) is 4.67 Å². The number of nitrogens with zero attached hydrogens (tertiary/aromatic N) is 2. The maximum atomic E-state index is 6.81. The van der Waals surface area contributed by atoms with Crippen molar-refractivity contribution in [3.05, 3.63) is 66.2 Å². The van der Waals surface area contributed by atoms with E-state index in [1.807, 2.05) is 0 Å². The van der Waals surface area contributed by atoms with Crippen molar-refractivity contribution >= 4 is 74.1 Å². The third kappa shape index (κ3) is 3.22. The lowest BCUT2D eigenvalue weighted by atomic mass is 9.87. The summed E-state index contributed by atoms with van der Waals surface area (Å²) < 4.78 is 2.54. The molecule has 5 rings (SSSR count). The zero-order valence-electron chi connectivity index (χ0n) is 20.3. The lowest BCUT2D eigenvalue weighted by Crippen LogP contribution is -2.46. The number of hydrogen-bond acceptors (Lipinski definition) is 3. The molecule has 172 valence electrons. The number of benzene rings is 3. The average molecular weight is 511 g/mol. The van der Waals surface area contributed by atoms with Gasteiger partial charge in [-0.2, -0.15) is 0 Å². The molecule has 0 saturated heterocycles. The first-order chi connectivity index (χ1) is 15.6. The first-order valence-electron chi connectivity index (χ1n) is 11.7. The number of fused-ring (bicyclic) bond motifs is 4. The molecule has 0 aliphatic carbocycles. The van der Waals surface area contributed by atoms with Gasteiger partial charge in [-0.05, 0) is 41.9 Å². The van der Waals surface area contributed by atoms with E-state index in [2.05, 4.69) is 112 Å². The van der Waals surface area contributed by atoms with Gasteiger partial charge in [-0.25, -0.2) is 0 Å². The standard InChI is InChI=1S/C27H32N2P2S2/c1-7-28(8-2)31(33)23-16-12-10-14-21(23)29-20-13-9-11-15-22(20)30(6,32)24-17-19(27(3,4)5)18-25(31)26(24)29/h9-18H,7-8H2,1-6H3. The zero-order valence-corrected chi connectivity index (χ0v) is 23.7. The lowest BCUT2D eigenvalue weighted by molar-refractivity contribution is 0.513. The van der Waals surface area contributed by atoms with Crippen LogP contribution in [0.2, 0.25) is 0 Å². The van der Waals surface area contributed by atoms with E-state index < -0.39 is 12.2 Å². The third-order valence-electron chi connectivity index (χ3n) is 7.11. The molecule has 0 bridgehead atoms. The fourth-order valence-corrected chi connectivity index (χ4v) is 13.4. The Balaban J connectivity index is 2.01. The van der Waals surface area contributed by atoms with Crippen molar-refractivity contribution in [1.29, 1.82) is 0 Å². The minimum Gasteiger partial charge on any atom is -0.308 e. The smallest absolute Gasteiger partial charge is 0.0751 e. The van der Waals surface area contributed by atoms with E-state index in [9.17, 15) is 0 Å². The largest absolute Gasteiger partial charge is 0.308 e. The molecule has 3 aromatic rings. The van der Waals surface area contributed by atoms with E-state index in [4.69, 9.17) is 23.6 Å². The van der Waals surface area contributed by atoms with Crippen LogP contribution in [0.4, 0.5) is 17.1 Å². The van der Waals surface area contributed by atoms with E-state index in [1.165, 1.54) is 43.8 Å². The third-order valence-corrected chi connectivity index (χ3v) is 16.1. The van der Waals surface area contributed by atoms with E-state index in [0.717, 1.165) is 13.1 Å². The summed E-state index contributed by atoms with van der Waals surface area (Å²) in [5.41, 5.74) is 5.10. The van der Waals surface area contributed by atoms with Gasteiger partial charge in [-0.1, -0.05) is 94.6 Å². The Bertz CT molecular complexity index is 1370. The first-order valence-corrected chi connectivity index (χ1v) is 17.7. The fourth-order valence-electron chi connectivity index (χ4n) is 5.30. The van der Waals surface area contributed by atoms with Gasteiger partial charge in [0.25, 0.3) is 0 Å². The molecule has 0 aromatic heterocycles. The molecule has 33 heavy (non-hydrogen) atoms. The number of hydrogen-bond donors (Lipinski definition) is 0. The summed E-state index contributed by atoms with van der Waals surface area (Å²) in [6.07, 6.45) is -2.22. The second kappa shape index (κ2) is 7.87. The maximum absolute atomic E-state index is 6.81. The number of para-hydroxylation sites is 2. The van der Waals surface area contributed by atoms with Crippen LogP contribution in [-0.2, 0) is 29.0 Å². The molecule has 2 unspecified atom stereocenters. The van der Waals surface area contributed by atoms with Gasteiger partial charge >= 0.3 is 0 Å². The van der Waals surface area contributed by atoms with Gasteiger partial charge in [-0.3, -0.25) is 4.67 Å². The first kappa shape index (κ1) is 23.5. The Labute approximate surface area is 209 Å². The van der Waals surface area contributed by atoms with E-state index >= 15 is 0 Å². The lowest BCUT2D eigenvalue weighted by Gasteiger charge is -2.49. The zero-order chi connectivity index (χ0) is 23.8. The minimum absolute atomic E-state index is 0.0169. The van der Waals surface area contributed by atoms with Gasteiger partial charge in [-0.15, -0.1) is 0 Å². The van der Waals surface area contributed by atoms with Crippen molar-refractivity contribution in [3.63, 3.8) is 0 Å². The molecule has 0 amide bonds. The summed E-state index contributed by atoms with van der Waals surface area (Å²) in [5, 5.41) is 5.26. The Hall–Kier alpha value is -1.28. The molecule has 0 N–H and O–H groups in total. The fraction of sp³-hybridized carbons (Fsp3) is 0.333. The predicted molar refractivity (Wildman–Crippen MR) is 156 cm³/mol. The predicted octanol–water partition coefficient (Wildman–Crippen LogP) is 5.83. The van der Waals surface area contributed by atoms with Gasteiger partial charge in [0.2, 0.25) is 0 Å². The Morgan fingerprint density at radius 2 is 1.30 bits per heavy atom. The van der Waals surface area contributed by atoms with Crippen LogP contribution in [0.1, 0.15) is 40.2 Å². The van der Waals surface area contributed by atoms with Crippen LogP contribution in [0.3, 0.4) is 0 Å². The minimum atomic E-state index is -2.22. The van der Waals surface area contributed by atoms with Crippen LogP contribution in [0, 0.1) is 0 Å². The summed E-state index contributed by atoms with van der Waals surface area (Å²) in [7, 11) is 0. The van der Waals surface area contributed by atoms with Crippen LogP contribution in [0.25, 0.3) is 0 Å². The molecule has 2 heterocycles. The molecular weight excluding hydrogens is 478 g/mol. The highest BCUT2D eigenvalue weighted by atomic mass is 32.4. The highest BCUT2D eigenvalue weighted by Gasteiger charge is 2.45. The van der Waals surface area contributed by atoms with Crippen LogP contribution in [0.5, 0.6) is 0 Å². The van der Waals surface area contributed by atoms with Crippen LogP contribution in [-0.4, -0.2) is 24.4 Å². The summed E-state index contributed by atoms with van der Waals surface area (Å²) in [6, 6.07) is 20.5. The van der Waals surface area contributed by atoms with Gasteiger partial charge in [0, 0.05) is 40.3 Å². The normalized spacial score (nSPS) is 23.2. The van der Waals surface area contributed by atoms with Crippen molar-refractivity contribution < 1.29 is 0 Å². The van der Waals surface area contributed by atoms with Crippen molar-refractivity contribution in [2.45, 2.75) is 40.0 Å². The average Bonchev–Trinajstić information content (AvgIpc) is 2.79. The van der Waals surface area contributed by atoms with E-state index in [1.54, 1.807) is 0 Å². The second-order valence-corrected chi connectivity index (χ2v) is 19.3. The van der Waals surface area contributed by atoms with Crippen molar-refractivity contribution in [2.75, 3.05) is 24.7 Å². The molecule has 0 saturated carbocycles. The topological polar surface area (TPSA) is 6.48 Å². The molecule has 0 spiro atoms. The van der Waals surface area contributed by atoms with E-state index in [0.29, 0.717) is 0 Å². The van der Waals surface area contributed by atoms with Crippen LogP contribution in [0.15, 0.2) is 60.7 Å². The van der Waals surface area contributed by atoms with Gasteiger partial charge in [0.1, 0.15) is 0 Å². The highest BCUT2D eigenvalue weighted by Crippen LogP contribution is 2.61. The number of anilines is 3. The monoisotopic (exact) mass is 510 g/mol. The molecule has 0 radical (unpaired) electrons. The van der Waals surface area contributed by atoms with Gasteiger partial charge < -0.3 is 4.90 Å². The molecule has 2 nitrogen and oxygen atoms in total. The second-order valence-electron chi connectivity index (χ2n) is 10.1. The van der Waals surface area contributed by atoms with Gasteiger partial charge in [0.15, 0.2) is 0 Å².